The topological polar surface area (TPSA) is 17.1 Å². The number of benzene rings is 3. The van der Waals surface area contributed by atoms with Crippen LogP contribution in [0.2, 0.25) is 0 Å². The van der Waals surface area contributed by atoms with Gasteiger partial charge in [0.2, 0.25) is 0 Å². The van der Waals surface area contributed by atoms with Gasteiger partial charge in [-0.25, -0.2) is 0 Å². The molecule has 0 aliphatic heterocycles. The lowest BCUT2D eigenvalue weighted by atomic mass is 10.2. The smallest absolute Gasteiger partial charge is 0.133 e. The zero-order chi connectivity index (χ0) is 19.4. The number of ketones is 1. The maximum Gasteiger partial charge on any atom is 0.133 e. The first-order chi connectivity index (χ1) is 12.9. The fourth-order valence-corrected chi connectivity index (χ4v) is 7.85. The van der Waals surface area contributed by atoms with E-state index >= 15 is 0 Å². The van der Waals surface area contributed by atoms with E-state index in [0.29, 0.717) is 6.42 Å². The van der Waals surface area contributed by atoms with Crippen LogP contribution in [-0.4, -0.2) is 11.9 Å². The highest BCUT2D eigenvalue weighted by atomic mass is 35.5. The standard InChI is InChI=1S/C25H28OP.ClH/c1-19-5-11-23(12-6-19)27(18-17-22(4)26,24-13-7-20(2)8-14-24)25-15-9-21(3)10-16-25;/h5-16H,17-18H2,1-4H3;1H/q+1;/p-1. The summed E-state index contributed by atoms with van der Waals surface area (Å²) < 4.78 is 0. The second-order valence-corrected chi connectivity index (χ2v) is 11.1. The van der Waals surface area contributed by atoms with Gasteiger partial charge >= 0.3 is 0 Å². The number of aryl methyl sites for hydroxylation is 3. The van der Waals surface area contributed by atoms with Gasteiger partial charge in [-0.2, -0.15) is 0 Å². The Morgan fingerprint density at radius 2 is 0.929 bits per heavy atom. The molecule has 0 amide bonds. The third-order valence-electron chi connectivity index (χ3n) is 5.22. The first-order valence-corrected chi connectivity index (χ1v) is 11.5. The van der Waals surface area contributed by atoms with Crippen LogP contribution in [0.4, 0.5) is 0 Å². The van der Waals surface area contributed by atoms with E-state index in [2.05, 4.69) is 93.6 Å². The molecule has 3 heteroatoms. The van der Waals surface area contributed by atoms with Crippen molar-refractivity contribution in [2.24, 2.45) is 0 Å². The number of carbonyl (C=O) groups excluding carboxylic acids is 1. The molecule has 1 nitrogen and oxygen atoms in total. The Kier molecular flexibility index (Phi) is 7.58. The van der Waals surface area contributed by atoms with E-state index in [4.69, 9.17) is 0 Å². The number of halogens is 1. The van der Waals surface area contributed by atoms with Crippen LogP contribution in [0.25, 0.3) is 0 Å². The van der Waals surface area contributed by atoms with Gasteiger partial charge < -0.3 is 12.4 Å². The van der Waals surface area contributed by atoms with Gasteiger partial charge in [0.05, 0.1) is 6.16 Å². The Morgan fingerprint density at radius 1 is 0.643 bits per heavy atom. The van der Waals surface area contributed by atoms with E-state index < -0.39 is 7.26 Å². The van der Waals surface area contributed by atoms with Crippen molar-refractivity contribution in [1.82, 2.24) is 0 Å². The Balaban J connectivity index is 0.00000280. The maximum absolute atomic E-state index is 12.0. The molecular formula is C25H28ClOP. The van der Waals surface area contributed by atoms with E-state index in [1.165, 1.54) is 32.6 Å². The fourth-order valence-electron chi connectivity index (χ4n) is 3.56. The van der Waals surface area contributed by atoms with E-state index in [0.717, 1.165) is 6.16 Å². The fraction of sp³-hybridized carbons (Fsp3) is 0.240. The van der Waals surface area contributed by atoms with Crippen molar-refractivity contribution in [3.8, 4) is 0 Å². The minimum absolute atomic E-state index is 0. The van der Waals surface area contributed by atoms with Crippen LogP contribution >= 0.6 is 7.26 Å². The Labute approximate surface area is 175 Å². The molecule has 146 valence electrons. The lowest BCUT2D eigenvalue weighted by molar-refractivity contribution is -0.116. The summed E-state index contributed by atoms with van der Waals surface area (Å²) in [5.74, 6) is 0.255. The summed E-state index contributed by atoms with van der Waals surface area (Å²) in [7, 11) is -1.89. The highest BCUT2D eigenvalue weighted by Gasteiger charge is 2.45. The molecule has 0 saturated heterocycles. The minimum atomic E-state index is -1.89. The largest absolute Gasteiger partial charge is 1.00 e. The van der Waals surface area contributed by atoms with Crippen LogP contribution in [0.5, 0.6) is 0 Å². The quantitative estimate of drug-likeness (QED) is 0.567. The van der Waals surface area contributed by atoms with E-state index in [9.17, 15) is 4.79 Å². The monoisotopic (exact) mass is 410 g/mol. The Morgan fingerprint density at radius 3 is 1.18 bits per heavy atom. The number of hydrogen-bond donors (Lipinski definition) is 0. The molecule has 0 N–H and O–H groups in total. The molecule has 0 unspecified atom stereocenters. The maximum atomic E-state index is 12.0. The summed E-state index contributed by atoms with van der Waals surface area (Å²) in [5.41, 5.74) is 3.78. The van der Waals surface area contributed by atoms with Crippen molar-refractivity contribution >= 4 is 29.0 Å². The zero-order valence-electron chi connectivity index (χ0n) is 17.1. The highest BCUT2D eigenvalue weighted by Crippen LogP contribution is 2.55. The predicted octanol–water partition coefficient (Wildman–Crippen LogP) is 1.89. The van der Waals surface area contributed by atoms with Gasteiger partial charge in [-0.3, -0.25) is 4.79 Å². The Bertz CT molecular complexity index is 801. The second kappa shape index (κ2) is 9.50. The van der Waals surface area contributed by atoms with E-state index in [-0.39, 0.29) is 18.2 Å². The van der Waals surface area contributed by atoms with Crippen molar-refractivity contribution in [1.29, 1.82) is 0 Å². The zero-order valence-corrected chi connectivity index (χ0v) is 18.7. The normalized spacial score (nSPS) is 11.0. The van der Waals surface area contributed by atoms with Gasteiger partial charge in [-0.1, -0.05) is 53.1 Å². The van der Waals surface area contributed by atoms with Crippen LogP contribution in [-0.2, 0) is 4.79 Å². The number of carbonyl (C=O) groups is 1. The molecule has 28 heavy (non-hydrogen) atoms. The van der Waals surface area contributed by atoms with Crippen LogP contribution in [0.15, 0.2) is 72.8 Å². The minimum Gasteiger partial charge on any atom is -1.00 e. The van der Waals surface area contributed by atoms with Gasteiger partial charge in [-0.05, 0) is 64.1 Å². The molecule has 0 spiro atoms. The van der Waals surface area contributed by atoms with E-state index in [1.54, 1.807) is 6.92 Å². The number of Topliss-reactive ketones (excluding diaryl/α,β-unsaturated/α-hetero) is 1. The molecule has 0 heterocycles. The molecule has 3 aromatic rings. The van der Waals surface area contributed by atoms with Gasteiger partial charge in [0, 0.05) is 6.42 Å². The highest BCUT2D eigenvalue weighted by molar-refractivity contribution is 7.95. The van der Waals surface area contributed by atoms with Crippen molar-refractivity contribution in [3.05, 3.63) is 89.5 Å². The van der Waals surface area contributed by atoms with Gasteiger partial charge in [0.15, 0.2) is 0 Å². The van der Waals surface area contributed by atoms with Crippen LogP contribution in [0.1, 0.15) is 30.0 Å². The molecule has 0 radical (unpaired) electrons. The van der Waals surface area contributed by atoms with Crippen molar-refractivity contribution < 1.29 is 17.2 Å². The number of rotatable bonds is 6. The van der Waals surface area contributed by atoms with Crippen molar-refractivity contribution in [3.63, 3.8) is 0 Å². The molecule has 0 aromatic heterocycles. The molecular weight excluding hydrogens is 383 g/mol. The molecule has 0 aliphatic rings. The van der Waals surface area contributed by atoms with Crippen molar-refractivity contribution in [2.75, 3.05) is 6.16 Å². The Hall–Kier alpha value is -1.95. The first-order valence-electron chi connectivity index (χ1n) is 9.51. The van der Waals surface area contributed by atoms with Gasteiger partial charge in [-0.15, -0.1) is 0 Å². The van der Waals surface area contributed by atoms with E-state index in [1.807, 2.05) is 0 Å². The van der Waals surface area contributed by atoms with Crippen molar-refractivity contribution in [2.45, 2.75) is 34.1 Å². The van der Waals surface area contributed by atoms with Crippen LogP contribution in [0, 0.1) is 20.8 Å². The first kappa shape index (κ1) is 22.3. The molecule has 0 fully saturated rings. The average Bonchev–Trinajstić information content (AvgIpc) is 2.65. The average molecular weight is 411 g/mol. The summed E-state index contributed by atoms with van der Waals surface area (Å²) in [6.07, 6.45) is 1.47. The van der Waals surface area contributed by atoms with Gasteiger partial charge in [0.25, 0.3) is 0 Å². The molecule has 3 aromatic carbocycles. The summed E-state index contributed by atoms with van der Waals surface area (Å²) in [6, 6.07) is 26.8. The van der Waals surface area contributed by atoms with Gasteiger partial charge in [0.1, 0.15) is 29.0 Å². The third-order valence-corrected chi connectivity index (χ3v) is 9.66. The third kappa shape index (κ3) is 4.72. The summed E-state index contributed by atoms with van der Waals surface area (Å²) in [5, 5.41) is 4.05. The van der Waals surface area contributed by atoms with Crippen LogP contribution < -0.4 is 28.3 Å². The molecule has 0 aliphatic carbocycles. The molecule has 3 rings (SSSR count). The van der Waals surface area contributed by atoms with Crippen LogP contribution in [0.3, 0.4) is 0 Å². The second-order valence-electron chi connectivity index (χ2n) is 7.49. The number of hydrogen-bond acceptors (Lipinski definition) is 1. The lowest BCUT2D eigenvalue weighted by Gasteiger charge is -2.27. The molecule has 0 saturated carbocycles. The lowest BCUT2D eigenvalue weighted by Crippen LogP contribution is -3.00. The summed E-state index contributed by atoms with van der Waals surface area (Å²) >= 11 is 0. The SMILES string of the molecule is CC(=O)CC[P+](c1ccc(C)cc1)(c1ccc(C)cc1)c1ccc(C)cc1.[Cl-]. The predicted molar refractivity (Wildman–Crippen MR) is 120 cm³/mol. The molecule has 0 bridgehead atoms. The summed E-state index contributed by atoms with van der Waals surface area (Å²) in [4.78, 5) is 12.0. The molecule has 0 atom stereocenters. The summed E-state index contributed by atoms with van der Waals surface area (Å²) in [6.45, 7) is 8.07.